The van der Waals surface area contributed by atoms with E-state index in [-0.39, 0.29) is 16.0 Å². The second kappa shape index (κ2) is 5.79. The molecule has 1 aliphatic heterocycles. The molecule has 21 heavy (non-hydrogen) atoms. The molecule has 1 aromatic rings. The van der Waals surface area contributed by atoms with E-state index in [1.807, 2.05) is 6.92 Å². The molecule has 116 valence electrons. The van der Waals surface area contributed by atoms with Crippen LogP contribution in [0, 0.1) is 5.92 Å². The lowest BCUT2D eigenvalue weighted by Gasteiger charge is -2.34. The van der Waals surface area contributed by atoms with Gasteiger partial charge in [-0.3, -0.25) is 9.79 Å². The van der Waals surface area contributed by atoms with Crippen LogP contribution < -0.4 is 10.7 Å². The maximum Gasteiger partial charge on any atom is 0.198 e. The summed E-state index contributed by atoms with van der Waals surface area (Å²) < 4.78 is 0. The molecule has 1 aromatic heterocycles. The summed E-state index contributed by atoms with van der Waals surface area (Å²) >= 11 is 1.25. The summed E-state index contributed by atoms with van der Waals surface area (Å²) in [4.78, 5) is 17.3. The number of rotatable bonds is 3. The van der Waals surface area contributed by atoms with Crippen molar-refractivity contribution >= 4 is 22.0 Å². The van der Waals surface area contributed by atoms with Crippen LogP contribution >= 0.6 is 11.3 Å². The zero-order valence-corrected chi connectivity index (χ0v) is 14.2. The van der Waals surface area contributed by atoms with E-state index in [0.717, 1.165) is 23.7 Å². The molecule has 0 unspecified atom stereocenters. The Bertz CT molecular complexity index is 630. The van der Waals surface area contributed by atoms with Crippen LogP contribution in [-0.2, 0) is 6.42 Å². The number of aliphatic imine (C=N–C) groups is 1. The molecule has 0 fully saturated rings. The van der Waals surface area contributed by atoms with Gasteiger partial charge in [0, 0.05) is 18.5 Å². The minimum atomic E-state index is -0.161. The van der Waals surface area contributed by atoms with Gasteiger partial charge >= 0.3 is 0 Å². The number of fused-ring (bicyclic) bond motifs is 1. The van der Waals surface area contributed by atoms with E-state index in [2.05, 4.69) is 38.0 Å². The molecule has 2 heterocycles. The first-order valence-corrected chi connectivity index (χ1v) is 8.27. The number of nitrogens with zero attached hydrogens (tertiary/aromatic N) is 1. The van der Waals surface area contributed by atoms with Gasteiger partial charge in [-0.1, -0.05) is 32.1 Å². The smallest absolute Gasteiger partial charge is 0.198 e. The van der Waals surface area contributed by atoms with Crippen molar-refractivity contribution in [1.82, 2.24) is 0 Å². The lowest BCUT2D eigenvalue weighted by Crippen LogP contribution is -2.41. The average molecular weight is 308 g/mol. The summed E-state index contributed by atoms with van der Waals surface area (Å²) in [6.45, 7) is 11.0. The molecule has 0 saturated carbocycles. The van der Waals surface area contributed by atoms with E-state index >= 15 is 0 Å². The molecule has 4 nitrogen and oxygen atoms in total. The van der Waals surface area contributed by atoms with Crippen molar-refractivity contribution < 1.29 is 5.11 Å². The molecule has 0 spiro atoms. The molecule has 2 N–H and O–H groups in total. The highest BCUT2D eigenvalue weighted by atomic mass is 32.1. The van der Waals surface area contributed by atoms with Crippen LogP contribution in [0.15, 0.2) is 9.79 Å². The van der Waals surface area contributed by atoms with E-state index in [1.54, 1.807) is 0 Å². The van der Waals surface area contributed by atoms with Crippen molar-refractivity contribution in [3.63, 3.8) is 0 Å². The number of aromatic hydroxyl groups is 1. The molecule has 0 aromatic carbocycles. The normalized spacial score (nSPS) is 18.7. The SMILES string of the molecule is CCc1c(O)sc2c(c1=O)C(=NCC(C)C)CC(C)(C)N2. The van der Waals surface area contributed by atoms with Crippen LogP contribution in [0.2, 0.25) is 0 Å². The van der Waals surface area contributed by atoms with E-state index in [4.69, 9.17) is 0 Å². The fourth-order valence-corrected chi connectivity index (χ4v) is 3.70. The minimum absolute atomic E-state index is 0.0748. The fourth-order valence-electron chi connectivity index (χ4n) is 2.51. The zero-order chi connectivity index (χ0) is 15.8. The summed E-state index contributed by atoms with van der Waals surface area (Å²) in [6, 6.07) is 0. The molecule has 0 radical (unpaired) electrons. The van der Waals surface area contributed by atoms with Gasteiger partial charge < -0.3 is 10.4 Å². The van der Waals surface area contributed by atoms with Gasteiger partial charge in [-0.25, -0.2) is 0 Å². The van der Waals surface area contributed by atoms with Crippen LogP contribution in [0.25, 0.3) is 0 Å². The zero-order valence-electron chi connectivity index (χ0n) is 13.4. The van der Waals surface area contributed by atoms with E-state index in [9.17, 15) is 9.90 Å². The highest BCUT2D eigenvalue weighted by molar-refractivity contribution is 7.17. The van der Waals surface area contributed by atoms with Crippen molar-refractivity contribution in [2.75, 3.05) is 11.9 Å². The lowest BCUT2D eigenvalue weighted by atomic mass is 9.89. The molecule has 5 heteroatoms. The second-order valence-electron chi connectivity index (χ2n) is 6.64. The molecule has 0 atom stereocenters. The Kier molecular flexibility index (Phi) is 4.42. The van der Waals surface area contributed by atoms with Crippen molar-refractivity contribution in [3.8, 4) is 5.06 Å². The van der Waals surface area contributed by atoms with Crippen molar-refractivity contribution in [2.45, 2.75) is 53.0 Å². The Morgan fingerprint density at radius 3 is 2.67 bits per heavy atom. The number of nitrogens with one attached hydrogen (secondary N) is 1. The Hall–Kier alpha value is -1.36. The first-order valence-electron chi connectivity index (χ1n) is 7.46. The Balaban J connectivity index is 2.63. The summed E-state index contributed by atoms with van der Waals surface area (Å²) in [5.74, 6) is 0.459. The predicted molar refractivity (Wildman–Crippen MR) is 90.2 cm³/mol. The highest BCUT2D eigenvalue weighted by Gasteiger charge is 2.32. The first-order chi connectivity index (χ1) is 9.75. The van der Waals surface area contributed by atoms with Crippen molar-refractivity contribution in [1.29, 1.82) is 0 Å². The van der Waals surface area contributed by atoms with E-state index < -0.39 is 0 Å². The van der Waals surface area contributed by atoms with Crippen LogP contribution in [0.1, 0.15) is 52.2 Å². The number of hydrogen-bond donors (Lipinski definition) is 2. The molecule has 1 aliphatic rings. The molecule has 0 aliphatic carbocycles. The molecule has 0 bridgehead atoms. The molecular formula is C16H24N2O2S. The topological polar surface area (TPSA) is 61.7 Å². The third-order valence-corrected chi connectivity index (χ3v) is 4.49. The van der Waals surface area contributed by atoms with Gasteiger partial charge in [-0.05, 0) is 26.2 Å². The Morgan fingerprint density at radius 2 is 2.10 bits per heavy atom. The van der Waals surface area contributed by atoms with Gasteiger partial charge in [0.05, 0.1) is 16.8 Å². The minimum Gasteiger partial charge on any atom is -0.499 e. The molecule has 2 rings (SSSR count). The van der Waals surface area contributed by atoms with E-state index in [1.165, 1.54) is 11.3 Å². The quantitative estimate of drug-likeness (QED) is 0.899. The second-order valence-corrected chi connectivity index (χ2v) is 7.64. The Morgan fingerprint density at radius 1 is 1.43 bits per heavy atom. The van der Waals surface area contributed by atoms with Gasteiger partial charge in [0.2, 0.25) is 0 Å². The fraction of sp³-hybridized carbons (Fsp3) is 0.625. The van der Waals surface area contributed by atoms with Crippen molar-refractivity contribution in [2.24, 2.45) is 10.9 Å². The van der Waals surface area contributed by atoms with Gasteiger partial charge in [-0.2, -0.15) is 0 Å². The van der Waals surface area contributed by atoms with Crippen molar-refractivity contribution in [3.05, 3.63) is 21.4 Å². The summed E-state index contributed by atoms with van der Waals surface area (Å²) in [6.07, 6.45) is 1.26. The van der Waals surface area contributed by atoms with Gasteiger partial charge in [0.25, 0.3) is 0 Å². The lowest BCUT2D eigenvalue weighted by molar-refractivity contribution is 0.483. The van der Waals surface area contributed by atoms with Crippen LogP contribution in [0.5, 0.6) is 5.06 Å². The summed E-state index contributed by atoms with van der Waals surface area (Å²) in [7, 11) is 0. The van der Waals surface area contributed by atoms with Gasteiger partial charge in [0.1, 0.15) is 5.00 Å². The first kappa shape index (κ1) is 16.0. The largest absolute Gasteiger partial charge is 0.499 e. The van der Waals surface area contributed by atoms with Crippen LogP contribution in [-0.4, -0.2) is 22.9 Å². The third-order valence-electron chi connectivity index (χ3n) is 3.54. The Labute approximate surface area is 129 Å². The molecular weight excluding hydrogens is 284 g/mol. The summed E-state index contributed by atoms with van der Waals surface area (Å²) in [5, 5.41) is 14.3. The van der Waals surface area contributed by atoms with Gasteiger partial charge in [-0.15, -0.1) is 0 Å². The highest BCUT2D eigenvalue weighted by Crippen LogP contribution is 2.37. The average Bonchev–Trinajstić information content (AvgIpc) is 2.34. The molecule has 0 amide bonds. The standard InChI is InChI=1S/C16H24N2O2S/c1-6-10-13(19)12-11(17-8-9(2)3)7-16(4,5)18-14(12)21-15(10)20/h9,18,20H,6-8H2,1-5H3. The summed E-state index contributed by atoms with van der Waals surface area (Å²) in [5.41, 5.74) is 1.80. The van der Waals surface area contributed by atoms with Crippen LogP contribution in [0.4, 0.5) is 5.00 Å². The number of hydrogen-bond acceptors (Lipinski definition) is 5. The third kappa shape index (κ3) is 3.28. The number of anilines is 1. The maximum absolute atomic E-state index is 12.7. The monoisotopic (exact) mass is 308 g/mol. The van der Waals surface area contributed by atoms with Gasteiger partial charge in [0.15, 0.2) is 10.5 Å². The molecule has 0 saturated heterocycles. The predicted octanol–water partition coefficient (Wildman–Crippen LogP) is 3.42. The maximum atomic E-state index is 12.7. The van der Waals surface area contributed by atoms with E-state index in [0.29, 0.717) is 23.5 Å². The van der Waals surface area contributed by atoms with Crippen LogP contribution in [0.3, 0.4) is 0 Å².